The molecule has 4 N–H and O–H groups in total. The quantitative estimate of drug-likeness (QED) is 0.339. The third-order valence-electron chi connectivity index (χ3n) is 4.30. The fourth-order valence-electron chi connectivity index (χ4n) is 2.80. The summed E-state index contributed by atoms with van der Waals surface area (Å²) in [6, 6.07) is 3.15. The molecule has 30 heavy (non-hydrogen) atoms. The Hall–Kier alpha value is -2.47. The number of nitrogens with zero attached hydrogens (tertiary/aromatic N) is 4. The van der Waals surface area contributed by atoms with Crippen molar-refractivity contribution in [2.75, 3.05) is 22.3 Å². The van der Waals surface area contributed by atoms with E-state index >= 15 is 0 Å². The minimum absolute atomic E-state index is 0.0165. The molecule has 3 rings (SSSR count). The van der Waals surface area contributed by atoms with Gasteiger partial charge in [-0.05, 0) is 43.9 Å². The first-order valence-electron chi connectivity index (χ1n) is 9.05. The molecule has 0 spiro atoms. The fourth-order valence-corrected chi connectivity index (χ4v) is 3.68. The number of hydrazone groups is 1. The normalized spacial score (nSPS) is 14.5. The Labute approximate surface area is 179 Å². The van der Waals surface area contributed by atoms with Gasteiger partial charge in [-0.3, -0.25) is 4.79 Å². The number of alkyl halides is 3. The number of benzene rings is 1. The second-order valence-electron chi connectivity index (χ2n) is 6.56. The van der Waals surface area contributed by atoms with E-state index in [4.69, 9.17) is 17.4 Å². The van der Waals surface area contributed by atoms with Gasteiger partial charge in [0, 0.05) is 11.4 Å². The van der Waals surface area contributed by atoms with Gasteiger partial charge >= 0.3 is 6.18 Å². The van der Waals surface area contributed by atoms with E-state index in [0.717, 1.165) is 60.0 Å². The molecule has 0 unspecified atom stereocenters. The summed E-state index contributed by atoms with van der Waals surface area (Å²) in [6.07, 6.45) is 0.631. The molecule has 0 aliphatic heterocycles. The van der Waals surface area contributed by atoms with Crippen molar-refractivity contribution in [3.05, 3.63) is 28.8 Å². The van der Waals surface area contributed by atoms with E-state index in [-0.39, 0.29) is 22.5 Å². The number of halogens is 4. The number of anilines is 2. The standard InChI is InChI=1S/C17H19ClF3N7OS/c18-13-7-6-11(8-12(13)17(19,20)21)23-14(29)9-30-16-27-26-15(28(16)22)25-24-10-4-2-1-3-5-10/h6-8H,1-5,9,22H2,(H,23,29)(H,25,26). The second kappa shape index (κ2) is 9.56. The van der Waals surface area contributed by atoms with Crippen LogP contribution in [0.15, 0.2) is 28.5 Å². The lowest BCUT2D eigenvalue weighted by atomic mass is 9.99. The van der Waals surface area contributed by atoms with Crippen molar-refractivity contribution in [3.63, 3.8) is 0 Å². The summed E-state index contributed by atoms with van der Waals surface area (Å²) in [4.78, 5) is 12.1. The smallest absolute Gasteiger partial charge is 0.334 e. The summed E-state index contributed by atoms with van der Waals surface area (Å²) in [5.74, 6) is 5.47. The van der Waals surface area contributed by atoms with Crippen LogP contribution in [-0.2, 0) is 11.0 Å². The van der Waals surface area contributed by atoms with Crippen molar-refractivity contribution in [1.29, 1.82) is 0 Å². The van der Waals surface area contributed by atoms with Crippen LogP contribution < -0.4 is 16.6 Å². The molecular formula is C17H19ClF3N7OS. The Balaban J connectivity index is 1.56. The summed E-state index contributed by atoms with van der Waals surface area (Å²) in [6.45, 7) is 0. The van der Waals surface area contributed by atoms with Gasteiger partial charge in [-0.15, -0.1) is 10.2 Å². The molecule has 1 amide bonds. The van der Waals surface area contributed by atoms with Crippen molar-refractivity contribution in [2.45, 2.75) is 43.4 Å². The van der Waals surface area contributed by atoms with Crippen LogP contribution >= 0.6 is 23.4 Å². The number of hydrogen-bond acceptors (Lipinski definition) is 7. The molecule has 1 aliphatic rings. The van der Waals surface area contributed by atoms with Crippen molar-refractivity contribution in [3.8, 4) is 0 Å². The number of carbonyl (C=O) groups excluding carboxylic acids is 1. The van der Waals surface area contributed by atoms with Crippen molar-refractivity contribution >= 4 is 46.6 Å². The minimum Gasteiger partial charge on any atom is -0.334 e. The topological polar surface area (TPSA) is 110 Å². The third kappa shape index (κ3) is 5.79. The van der Waals surface area contributed by atoms with Crippen LogP contribution in [0, 0.1) is 0 Å². The maximum Gasteiger partial charge on any atom is 0.417 e. The highest BCUT2D eigenvalue weighted by Gasteiger charge is 2.33. The van der Waals surface area contributed by atoms with Gasteiger partial charge in [0.05, 0.1) is 16.3 Å². The van der Waals surface area contributed by atoms with E-state index in [1.807, 2.05) is 0 Å². The summed E-state index contributed by atoms with van der Waals surface area (Å²) in [5.41, 5.74) is 2.78. The average Bonchev–Trinajstić information content (AvgIpc) is 3.06. The Kier molecular flexibility index (Phi) is 7.08. The number of hydrogen-bond donors (Lipinski definition) is 3. The first kappa shape index (κ1) is 22.2. The van der Waals surface area contributed by atoms with Gasteiger partial charge in [0.25, 0.3) is 5.95 Å². The van der Waals surface area contributed by atoms with Crippen molar-refractivity contribution < 1.29 is 18.0 Å². The maximum atomic E-state index is 12.9. The highest BCUT2D eigenvalue weighted by Crippen LogP contribution is 2.36. The van der Waals surface area contributed by atoms with Crippen molar-refractivity contribution in [2.24, 2.45) is 5.10 Å². The van der Waals surface area contributed by atoms with E-state index in [2.05, 4.69) is 26.0 Å². The number of carbonyl (C=O) groups is 1. The molecule has 1 saturated carbocycles. The van der Waals surface area contributed by atoms with Crippen LogP contribution in [0.3, 0.4) is 0 Å². The highest BCUT2D eigenvalue weighted by atomic mass is 35.5. The number of nitrogens with one attached hydrogen (secondary N) is 2. The van der Waals surface area contributed by atoms with Gasteiger partial charge in [0.2, 0.25) is 11.1 Å². The average molecular weight is 462 g/mol. The summed E-state index contributed by atoms with van der Waals surface area (Å²) < 4.78 is 39.9. The highest BCUT2D eigenvalue weighted by molar-refractivity contribution is 7.99. The van der Waals surface area contributed by atoms with Gasteiger partial charge in [0.1, 0.15) is 0 Å². The van der Waals surface area contributed by atoms with E-state index < -0.39 is 22.7 Å². The first-order chi connectivity index (χ1) is 14.2. The van der Waals surface area contributed by atoms with E-state index in [9.17, 15) is 18.0 Å². The molecule has 2 aromatic rings. The Morgan fingerprint density at radius 1 is 1.27 bits per heavy atom. The van der Waals surface area contributed by atoms with Crippen LogP contribution in [-0.4, -0.2) is 32.2 Å². The summed E-state index contributed by atoms with van der Waals surface area (Å²) >= 11 is 6.55. The first-order valence-corrected chi connectivity index (χ1v) is 10.4. The molecule has 13 heteroatoms. The number of nitrogens with two attached hydrogens (primary N) is 1. The molecule has 0 radical (unpaired) electrons. The molecule has 8 nitrogen and oxygen atoms in total. The van der Waals surface area contributed by atoms with Crippen LogP contribution in [0.2, 0.25) is 5.02 Å². The zero-order chi connectivity index (χ0) is 21.7. The molecule has 1 heterocycles. The van der Waals surface area contributed by atoms with E-state index in [0.29, 0.717) is 0 Å². The monoisotopic (exact) mass is 461 g/mol. The molecule has 1 aromatic heterocycles. The lowest BCUT2D eigenvalue weighted by Crippen LogP contribution is -2.17. The van der Waals surface area contributed by atoms with Gasteiger partial charge in [-0.2, -0.15) is 18.3 Å². The molecular weight excluding hydrogens is 443 g/mol. The third-order valence-corrected chi connectivity index (χ3v) is 5.57. The van der Waals surface area contributed by atoms with Crippen LogP contribution in [0.25, 0.3) is 0 Å². The molecule has 0 saturated heterocycles. The van der Waals surface area contributed by atoms with Gasteiger partial charge in [0.15, 0.2) is 0 Å². The number of amides is 1. The molecule has 1 aliphatic carbocycles. The number of aromatic nitrogens is 3. The largest absolute Gasteiger partial charge is 0.417 e. The van der Waals surface area contributed by atoms with Crippen LogP contribution in [0.1, 0.15) is 37.7 Å². The number of thioether (sulfide) groups is 1. The summed E-state index contributed by atoms with van der Waals surface area (Å²) in [7, 11) is 0. The lowest BCUT2D eigenvalue weighted by Gasteiger charge is -2.12. The second-order valence-corrected chi connectivity index (χ2v) is 7.91. The van der Waals surface area contributed by atoms with Gasteiger partial charge < -0.3 is 11.2 Å². The minimum atomic E-state index is -4.62. The number of nitrogen functional groups attached to an aromatic ring is 1. The zero-order valence-electron chi connectivity index (χ0n) is 15.7. The predicted molar refractivity (Wildman–Crippen MR) is 110 cm³/mol. The molecule has 1 fully saturated rings. The fraction of sp³-hybridized carbons (Fsp3) is 0.412. The van der Waals surface area contributed by atoms with Gasteiger partial charge in [-0.1, -0.05) is 29.8 Å². The SMILES string of the molecule is Nn1c(NN=C2CCCCC2)nnc1SCC(=O)Nc1ccc(Cl)c(C(F)(F)F)c1. The predicted octanol–water partition coefficient (Wildman–Crippen LogP) is 4.13. The maximum absolute atomic E-state index is 12.9. The Bertz CT molecular complexity index is 940. The molecule has 162 valence electrons. The Morgan fingerprint density at radius 2 is 2.00 bits per heavy atom. The number of rotatable bonds is 6. The molecule has 0 atom stereocenters. The summed E-state index contributed by atoms with van der Waals surface area (Å²) in [5, 5.41) is 14.3. The van der Waals surface area contributed by atoms with E-state index in [1.165, 1.54) is 12.5 Å². The van der Waals surface area contributed by atoms with Crippen LogP contribution in [0.5, 0.6) is 0 Å². The van der Waals surface area contributed by atoms with E-state index in [1.54, 1.807) is 0 Å². The van der Waals surface area contributed by atoms with Crippen LogP contribution in [0.4, 0.5) is 24.8 Å². The van der Waals surface area contributed by atoms with Crippen molar-refractivity contribution in [1.82, 2.24) is 14.9 Å². The Morgan fingerprint density at radius 3 is 2.70 bits per heavy atom. The molecule has 1 aromatic carbocycles. The van der Waals surface area contributed by atoms with Gasteiger partial charge in [-0.25, -0.2) is 10.1 Å². The zero-order valence-corrected chi connectivity index (χ0v) is 17.2. The lowest BCUT2D eigenvalue weighted by molar-refractivity contribution is -0.137. The molecule has 0 bridgehead atoms.